The molecule has 4 heteroatoms. The normalized spacial score (nSPS) is 13.2. The molecule has 0 saturated carbocycles. The summed E-state index contributed by atoms with van der Waals surface area (Å²) in [5.74, 6) is 1.33. The molecular formula is C10H19N3O. The molecule has 0 bridgehead atoms. The van der Waals surface area contributed by atoms with Gasteiger partial charge in [0.2, 0.25) is 5.95 Å². The van der Waals surface area contributed by atoms with Crippen LogP contribution in [0.25, 0.3) is 0 Å². The van der Waals surface area contributed by atoms with Gasteiger partial charge in [-0.2, -0.15) is 0 Å². The Labute approximate surface area is 85.1 Å². The van der Waals surface area contributed by atoms with E-state index in [9.17, 15) is 0 Å². The Kier molecular flexibility index (Phi) is 3.95. The fourth-order valence-electron chi connectivity index (χ4n) is 1.24. The number of aromatic amines is 1. The zero-order chi connectivity index (χ0) is 10.6. The molecule has 80 valence electrons. The topological polar surface area (TPSA) is 49.9 Å². The van der Waals surface area contributed by atoms with Crippen molar-refractivity contribution in [1.82, 2.24) is 9.97 Å². The number of anilines is 1. The molecule has 1 aromatic rings. The van der Waals surface area contributed by atoms with E-state index in [1.807, 2.05) is 13.1 Å². The molecule has 1 unspecified atom stereocenters. The molecule has 2 N–H and O–H groups in total. The van der Waals surface area contributed by atoms with Crippen molar-refractivity contribution in [3.05, 3.63) is 11.9 Å². The molecule has 0 amide bonds. The zero-order valence-electron chi connectivity index (χ0n) is 9.29. The fourth-order valence-corrected chi connectivity index (χ4v) is 1.24. The van der Waals surface area contributed by atoms with Crippen LogP contribution in [0.5, 0.6) is 0 Å². The van der Waals surface area contributed by atoms with Crippen LogP contribution in [0.15, 0.2) is 6.20 Å². The number of nitrogens with one attached hydrogen (secondary N) is 2. The van der Waals surface area contributed by atoms with Crippen LogP contribution in [-0.4, -0.2) is 29.7 Å². The standard InChI is InChI=1S/C10H19N3O/c1-7(2)9(6-14-4)13-10-11-5-8(3)12-10/h5,7,9H,6H2,1-4H3,(H2,11,12,13). The molecule has 4 nitrogen and oxygen atoms in total. The third kappa shape index (κ3) is 3.03. The lowest BCUT2D eigenvalue weighted by atomic mass is 10.1. The molecule has 0 aromatic carbocycles. The third-order valence-electron chi connectivity index (χ3n) is 2.18. The summed E-state index contributed by atoms with van der Waals surface area (Å²) in [6, 6.07) is 0.297. The first kappa shape index (κ1) is 11.0. The highest BCUT2D eigenvalue weighted by Gasteiger charge is 2.13. The average Bonchev–Trinajstić information content (AvgIpc) is 2.50. The van der Waals surface area contributed by atoms with Gasteiger partial charge in [0, 0.05) is 19.0 Å². The average molecular weight is 197 g/mol. The van der Waals surface area contributed by atoms with Crippen LogP contribution in [-0.2, 0) is 4.74 Å². The van der Waals surface area contributed by atoms with E-state index in [0.29, 0.717) is 18.6 Å². The number of hydrogen-bond acceptors (Lipinski definition) is 3. The van der Waals surface area contributed by atoms with Crippen LogP contribution in [0.4, 0.5) is 5.95 Å². The second kappa shape index (κ2) is 5.00. The van der Waals surface area contributed by atoms with Gasteiger partial charge in [0.1, 0.15) is 0 Å². The molecule has 0 aliphatic rings. The maximum atomic E-state index is 5.14. The van der Waals surface area contributed by atoms with Gasteiger partial charge in [-0.3, -0.25) is 0 Å². The predicted octanol–water partition coefficient (Wildman–Crippen LogP) is 1.80. The minimum absolute atomic E-state index is 0.297. The van der Waals surface area contributed by atoms with Gasteiger partial charge in [-0.05, 0) is 12.8 Å². The predicted molar refractivity (Wildman–Crippen MR) is 57.4 cm³/mol. The number of imidazole rings is 1. The van der Waals surface area contributed by atoms with Gasteiger partial charge in [0.05, 0.1) is 12.6 Å². The lowest BCUT2D eigenvalue weighted by Gasteiger charge is -2.20. The van der Waals surface area contributed by atoms with E-state index in [4.69, 9.17) is 4.74 Å². The second-order valence-electron chi connectivity index (χ2n) is 3.87. The van der Waals surface area contributed by atoms with E-state index in [2.05, 4.69) is 29.1 Å². The maximum absolute atomic E-state index is 5.14. The van der Waals surface area contributed by atoms with Crippen molar-refractivity contribution in [2.45, 2.75) is 26.8 Å². The smallest absolute Gasteiger partial charge is 0.200 e. The first-order valence-corrected chi connectivity index (χ1v) is 4.90. The first-order valence-electron chi connectivity index (χ1n) is 4.90. The van der Waals surface area contributed by atoms with Gasteiger partial charge in [0.25, 0.3) is 0 Å². The molecule has 1 atom stereocenters. The molecule has 0 spiro atoms. The Morgan fingerprint density at radius 2 is 2.29 bits per heavy atom. The number of ether oxygens (including phenoxy) is 1. The number of aryl methyl sites for hydroxylation is 1. The molecule has 1 aromatic heterocycles. The summed E-state index contributed by atoms with van der Waals surface area (Å²) in [7, 11) is 1.71. The highest BCUT2D eigenvalue weighted by Crippen LogP contribution is 2.09. The third-order valence-corrected chi connectivity index (χ3v) is 2.18. The van der Waals surface area contributed by atoms with Crippen molar-refractivity contribution in [2.24, 2.45) is 5.92 Å². The van der Waals surface area contributed by atoms with Gasteiger partial charge in [-0.15, -0.1) is 0 Å². The maximum Gasteiger partial charge on any atom is 0.200 e. The van der Waals surface area contributed by atoms with Crippen LogP contribution in [0, 0.1) is 12.8 Å². The summed E-state index contributed by atoms with van der Waals surface area (Å²) in [5.41, 5.74) is 1.06. The number of methoxy groups -OCH3 is 1. The molecule has 0 saturated heterocycles. The SMILES string of the molecule is COCC(Nc1ncc(C)[nH]1)C(C)C. The second-order valence-corrected chi connectivity index (χ2v) is 3.87. The minimum atomic E-state index is 0.297. The quantitative estimate of drug-likeness (QED) is 0.756. The summed E-state index contributed by atoms with van der Waals surface area (Å²) < 4.78 is 5.14. The minimum Gasteiger partial charge on any atom is -0.383 e. The van der Waals surface area contributed by atoms with Crippen LogP contribution in [0.3, 0.4) is 0 Å². The van der Waals surface area contributed by atoms with Gasteiger partial charge < -0.3 is 15.0 Å². The lowest BCUT2D eigenvalue weighted by molar-refractivity contribution is 0.171. The Morgan fingerprint density at radius 3 is 2.71 bits per heavy atom. The number of rotatable bonds is 5. The van der Waals surface area contributed by atoms with Gasteiger partial charge in [0.15, 0.2) is 0 Å². The van der Waals surface area contributed by atoms with E-state index >= 15 is 0 Å². The molecule has 1 rings (SSSR count). The van der Waals surface area contributed by atoms with Gasteiger partial charge in [-0.25, -0.2) is 4.98 Å². The Balaban J connectivity index is 2.55. The molecule has 0 aliphatic carbocycles. The molecule has 0 radical (unpaired) electrons. The van der Waals surface area contributed by atoms with E-state index in [1.165, 1.54) is 0 Å². The van der Waals surface area contributed by atoms with E-state index in [0.717, 1.165) is 11.6 Å². The number of nitrogens with zero attached hydrogens (tertiary/aromatic N) is 1. The number of hydrogen-bond donors (Lipinski definition) is 2. The van der Waals surface area contributed by atoms with Crippen molar-refractivity contribution in [2.75, 3.05) is 19.0 Å². The Morgan fingerprint density at radius 1 is 1.57 bits per heavy atom. The van der Waals surface area contributed by atoms with Crippen LogP contribution >= 0.6 is 0 Å². The summed E-state index contributed by atoms with van der Waals surface area (Å²) in [5, 5.41) is 3.31. The van der Waals surface area contributed by atoms with E-state index in [1.54, 1.807) is 7.11 Å². The fraction of sp³-hybridized carbons (Fsp3) is 0.700. The summed E-state index contributed by atoms with van der Waals surface area (Å²) in [4.78, 5) is 7.34. The highest BCUT2D eigenvalue weighted by atomic mass is 16.5. The van der Waals surface area contributed by atoms with Crippen molar-refractivity contribution in [1.29, 1.82) is 0 Å². The largest absolute Gasteiger partial charge is 0.383 e. The molecule has 0 aliphatic heterocycles. The highest BCUT2D eigenvalue weighted by molar-refractivity contribution is 5.27. The van der Waals surface area contributed by atoms with Crippen molar-refractivity contribution in [3.63, 3.8) is 0 Å². The zero-order valence-corrected chi connectivity index (χ0v) is 9.29. The number of aromatic nitrogens is 2. The van der Waals surface area contributed by atoms with Crippen molar-refractivity contribution >= 4 is 5.95 Å². The first-order chi connectivity index (χ1) is 6.63. The lowest BCUT2D eigenvalue weighted by Crippen LogP contribution is -2.30. The van der Waals surface area contributed by atoms with E-state index < -0.39 is 0 Å². The van der Waals surface area contributed by atoms with Crippen molar-refractivity contribution in [3.8, 4) is 0 Å². The Bertz CT molecular complexity index is 270. The molecular weight excluding hydrogens is 178 g/mol. The van der Waals surface area contributed by atoms with Crippen LogP contribution in [0.2, 0.25) is 0 Å². The monoisotopic (exact) mass is 197 g/mol. The van der Waals surface area contributed by atoms with E-state index in [-0.39, 0.29) is 0 Å². The van der Waals surface area contributed by atoms with Crippen LogP contribution in [0.1, 0.15) is 19.5 Å². The van der Waals surface area contributed by atoms with Crippen LogP contribution < -0.4 is 5.32 Å². The van der Waals surface area contributed by atoms with Crippen molar-refractivity contribution < 1.29 is 4.74 Å². The number of H-pyrrole nitrogens is 1. The Hall–Kier alpha value is -1.03. The summed E-state index contributed by atoms with van der Waals surface area (Å²) in [6.45, 7) is 7.00. The molecule has 14 heavy (non-hydrogen) atoms. The summed E-state index contributed by atoms with van der Waals surface area (Å²) >= 11 is 0. The summed E-state index contributed by atoms with van der Waals surface area (Å²) in [6.07, 6.45) is 1.81. The molecule has 0 fully saturated rings. The molecule has 1 heterocycles. The van der Waals surface area contributed by atoms with Gasteiger partial charge >= 0.3 is 0 Å². The van der Waals surface area contributed by atoms with Gasteiger partial charge in [-0.1, -0.05) is 13.8 Å².